The average molecular weight is 461 g/mol. The van der Waals surface area contributed by atoms with Gasteiger partial charge in [0.1, 0.15) is 11.9 Å². The van der Waals surface area contributed by atoms with E-state index in [-0.39, 0.29) is 23.7 Å². The first kappa shape index (κ1) is 23.4. The van der Waals surface area contributed by atoms with Crippen molar-refractivity contribution < 1.29 is 18.8 Å². The number of hydrogen-bond acceptors (Lipinski definition) is 7. The highest BCUT2D eigenvalue weighted by Crippen LogP contribution is 2.25. The Labute approximate surface area is 194 Å². The van der Waals surface area contributed by atoms with Crippen molar-refractivity contribution in [2.75, 3.05) is 77.4 Å². The molecule has 0 spiro atoms. The molecule has 1 aromatic carbocycles. The molecule has 9 nitrogen and oxygen atoms in total. The average Bonchev–Trinajstić information content (AvgIpc) is 3.28. The van der Waals surface area contributed by atoms with Crippen molar-refractivity contribution in [2.24, 2.45) is 5.16 Å². The lowest BCUT2D eigenvalue weighted by Crippen LogP contribution is -2.53. The first-order valence-electron chi connectivity index (χ1n) is 11.6. The molecule has 3 aliphatic rings. The predicted octanol–water partition coefficient (Wildman–Crippen LogP) is 0.351. The third-order valence-electron chi connectivity index (χ3n) is 6.52. The number of piperazine rings is 2. The van der Waals surface area contributed by atoms with Gasteiger partial charge < -0.3 is 24.9 Å². The van der Waals surface area contributed by atoms with Gasteiger partial charge in [-0.25, -0.2) is 4.39 Å². The summed E-state index contributed by atoms with van der Waals surface area (Å²) in [5.74, 6) is -0.274. The van der Waals surface area contributed by atoms with Crippen molar-refractivity contribution in [3.05, 3.63) is 29.6 Å². The zero-order chi connectivity index (χ0) is 23.4. The summed E-state index contributed by atoms with van der Waals surface area (Å²) in [6.45, 7) is 8.52. The van der Waals surface area contributed by atoms with Gasteiger partial charge in [-0.1, -0.05) is 11.2 Å². The molecule has 0 aliphatic carbocycles. The molecular weight excluding hydrogens is 427 g/mol. The van der Waals surface area contributed by atoms with Crippen molar-refractivity contribution in [3.63, 3.8) is 0 Å². The minimum Gasteiger partial charge on any atom is -0.390 e. The van der Waals surface area contributed by atoms with Gasteiger partial charge in [0.25, 0.3) is 0 Å². The summed E-state index contributed by atoms with van der Waals surface area (Å²) in [5.41, 5.74) is 1.90. The summed E-state index contributed by atoms with van der Waals surface area (Å²) in [4.78, 5) is 37.5. The summed E-state index contributed by atoms with van der Waals surface area (Å²) >= 11 is 0. The van der Waals surface area contributed by atoms with E-state index in [0.717, 1.165) is 26.2 Å². The van der Waals surface area contributed by atoms with Gasteiger partial charge in [-0.05, 0) is 19.2 Å². The van der Waals surface area contributed by atoms with Crippen LogP contribution in [0.5, 0.6) is 0 Å². The number of benzene rings is 1. The van der Waals surface area contributed by atoms with Crippen LogP contribution in [0.3, 0.4) is 0 Å². The van der Waals surface area contributed by atoms with Crippen molar-refractivity contribution in [1.29, 1.82) is 0 Å². The Balaban J connectivity index is 1.27. The maximum atomic E-state index is 14.9. The fourth-order valence-electron chi connectivity index (χ4n) is 4.40. The largest absolute Gasteiger partial charge is 0.390 e. The topological polar surface area (TPSA) is 80.7 Å². The first-order chi connectivity index (χ1) is 15.9. The van der Waals surface area contributed by atoms with Gasteiger partial charge in [-0.3, -0.25) is 14.5 Å². The van der Waals surface area contributed by atoms with Crippen molar-refractivity contribution >= 4 is 23.2 Å². The molecule has 3 heterocycles. The Morgan fingerprint density at radius 3 is 2.52 bits per heavy atom. The number of carbonyl (C=O) groups excluding carboxylic acids is 2. The number of hydrogen-bond donors (Lipinski definition) is 1. The second kappa shape index (κ2) is 10.5. The Hall–Kier alpha value is -2.72. The number of nitrogens with one attached hydrogen (secondary N) is 1. The number of likely N-dealkylation sites (N-methyl/N-ethyl adjacent to an activating group) is 1. The molecule has 1 atom stereocenters. The molecule has 0 saturated carbocycles. The van der Waals surface area contributed by atoms with E-state index in [1.54, 1.807) is 6.07 Å². The predicted molar refractivity (Wildman–Crippen MR) is 124 cm³/mol. The lowest BCUT2D eigenvalue weighted by atomic mass is 10.0. The van der Waals surface area contributed by atoms with E-state index in [2.05, 4.69) is 27.3 Å². The molecule has 0 radical (unpaired) electrons. The van der Waals surface area contributed by atoms with Gasteiger partial charge in [0, 0.05) is 71.3 Å². The monoisotopic (exact) mass is 460 g/mol. The molecular formula is C23H33FN6O3. The smallest absolute Gasteiger partial charge is 0.236 e. The number of oxime groups is 1. The van der Waals surface area contributed by atoms with Gasteiger partial charge in [0.15, 0.2) is 0 Å². The molecule has 180 valence electrons. The van der Waals surface area contributed by atoms with Gasteiger partial charge in [-0.2, -0.15) is 0 Å². The molecule has 1 unspecified atom stereocenters. The van der Waals surface area contributed by atoms with Gasteiger partial charge >= 0.3 is 0 Å². The quantitative estimate of drug-likeness (QED) is 0.660. The van der Waals surface area contributed by atoms with Crippen LogP contribution in [-0.4, -0.2) is 111 Å². The highest BCUT2D eigenvalue weighted by molar-refractivity contribution is 6.01. The molecule has 4 rings (SSSR count). The molecule has 2 amide bonds. The van der Waals surface area contributed by atoms with Crippen LogP contribution in [0.2, 0.25) is 0 Å². The van der Waals surface area contributed by atoms with E-state index < -0.39 is 0 Å². The molecule has 0 aromatic heterocycles. The minimum absolute atomic E-state index is 0.122. The van der Waals surface area contributed by atoms with E-state index in [1.165, 1.54) is 13.0 Å². The molecule has 1 aromatic rings. The molecule has 0 bridgehead atoms. The summed E-state index contributed by atoms with van der Waals surface area (Å²) in [7, 11) is 2.10. The molecule has 1 N–H and O–H groups in total. The van der Waals surface area contributed by atoms with E-state index in [0.29, 0.717) is 62.7 Å². The number of carbonyl (C=O) groups is 2. The van der Waals surface area contributed by atoms with Crippen LogP contribution in [-0.2, 0) is 14.4 Å². The zero-order valence-corrected chi connectivity index (χ0v) is 19.4. The molecule has 3 aliphatic heterocycles. The normalized spacial score (nSPS) is 22.2. The maximum Gasteiger partial charge on any atom is 0.236 e. The fourth-order valence-corrected chi connectivity index (χ4v) is 4.40. The third-order valence-corrected chi connectivity index (χ3v) is 6.52. The van der Waals surface area contributed by atoms with Crippen LogP contribution in [0.25, 0.3) is 0 Å². The summed E-state index contributed by atoms with van der Waals surface area (Å²) in [6.07, 6.45) is 0.288. The van der Waals surface area contributed by atoms with Crippen LogP contribution in [0, 0.1) is 5.82 Å². The Kier molecular flexibility index (Phi) is 7.44. The standard InChI is InChI=1S/C23H33FN6O3/c1-17(31)25-15-19-14-21(26-33-19)18-3-4-22(20(24)13-18)29-9-11-30(12-10-29)23(32)16-28-7-5-27(2)6-8-28/h3-4,13,19H,5-12,14-16H2,1-2H3,(H,25,31). The highest BCUT2D eigenvalue weighted by Gasteiger charge is 2.27. The second-order valence-electron chi connectivity index (χ2n) is 9.02. The Morgan fingerprint density at radius 2 is 1.85 bits per heavy atom. The lowest BCUT2D eigenvalue weighted by Gasteiger charge is -2.38. The third kappa shape index (κ3) is 6.00. The number of halogens is 1. The number of rotatable bonds is 6. The van der Waals surface area contributed by atoms with E-state index >= 15 is 0 Å². The number of anilines is 1. The van der Waals surface area contributed by atoms with Crippen LogP contribution >= 0.6 is 0 Å². The van der Waals surface area contributed by atoms with Crippen LogP contribution in [0.15, 0.2) is 23.4 Å². The minimum atomic E-state index is -0.308. The van der Waals surface area contributed by atoms with Gasteiger partial charge in [0.05, 0.1) is 24.5 Å². The van der Waals surface area contributed by atoms with E-state index in [4.69, 9.17) is 4.84 Å². The fraction of sp³-hybridized carbons (Fsp3) is 0.609. The lowest BCUT2D eigenvalue weighted by molar-refractivity contribution is -0.133. The molecule has 33 heavy (non-hydrogen) atoms. The maximum absolute atomic E-state index is 14.9. The van der Waals surface area contributed by atoms with Gasteiger partial charge in [0.2, 0.25) is 11.8 Å². The van der Waals surface area contributed by atoms with Crippen LogP contribution in [0.4, 0.5) is 10.1 Å². The summed E-state index contributed by atoms with van der Waals surface area (Å²) in [6, 6.07) is 5.12. The molecule has 2 saturated heterocycles. The SMILES string of the molecule is CC(=O)NCC1CC(c2ccc(N3CCN(C(=O)CN4CCN(C)CC4)CC3)c(F)c2)=NO1. The number of amides is 2. The van der Waals surface area contributed by atoms with E-state index in [9.17, 15) is 14.0 Å². The summed E-state index contributed by atoms with van der Waals surface area (Å²) < 4.78 is 14.9. The van der Waals surface area contributed by atoms with Crippen molar-refractivity contribution in [3.8, 4) is 0 Å². The van der Waals surface area contributed by atoms with Crippen molar-refractivity contribution in [2.45, 2.75) is 19.4 Å². The Morgan fingerprint density at radius 1 is 1.12 bits per heavy atom. The second-order valence-corrected chi connectivity index (χ2v) is 9.02. The van der Waals surface area contributed by atoms with Crippen LogP contribution < -0.4 is 10.2 Å². The van der Waals surface area contributed by atoms with Crippen molar-refractivity contribution in [1.82, 2.24) is 20.0 Å². The number of nitrogens with zero attached hydrogens (tertiary/aromatic N) is 5. The zero-order valence-electron chi connectivity index (χ0n) is 19.4. The summed E-state index contributed by atoms with van der Waals surface area (Å²) in [5, 5.41) is 6.77. The van der Waals surface area contributed by atoms with Crippen LogP contribution in [0.1, 0.15) is 18.9 Å². The van der Waals surface area contributed by atoms with Gasteiger partial charge in [-0.15, -0.1) is 0 Å². The molecule has 10 heteroatoms. The highest BCUT2D eigenvalue weighted by atomic mass is 19.1. The van der Waals surface area contributed by atoms with E-state index in [1.807, 2.05) is 15.9 Å². The molecule has 2 fully saturated rings. The Bertz CT molecular complexity index is 894. The first-order valence-corrected chi connectivity index (χ1v) is 11.6.